The number of rotatable bonds is 3. The molecule has 0 aliphatic heterocycles. The topological polar surface area (TPSA) is 124 Å². The van der Waals surface area contributed by atoms with Crippen molar-refractivity contribution < 1.29 is 14.8 Å². The molecule has 0 bridgehead atoms. The van der Waals surface area contributed by atoms with Crippen molar-refractivity contribution in [2.45, 2.75) is 0 Å². The zero-order valence-electron chi connectivity index (χ0n) is 10.4. The molecule has 0 atom stereocenters. The Bertz CT molecular complexity index is 873. The minimum atomic E-state index is -1.22. The van der Waals surface area contributed by atoms with Gasteiger partial charge in [0.2, 0.25) is 0 Å². The predicted molar refractivity (Wildman–Crippen MR) is 70.3 cm³/mol. The molecule has 9 nitrogen and oxygen atoms in total. The fourth-order valence-electron chi connectivity index (χ4n) is 1.86. The number of non-ortho nitro benzene ring substituents is 1. The molecule has 0 amide bonds. The second-order valence-corrected chi connectivity index (χ2v) is 4.12. The average Bonchev–Trinajstić information content (AvgIpc) is 2.90. The van der Waals surface area contributed by atoms with Gasteiger partial charge in [0.15, 0.2) is 11.5 Å². The van der Waals surface area contributed by atoms with Crippen LogP contribution < -0.4 is 0 Å². The number of nitro groups is 1. The molecule has 0 spiro atoms. The van der Waals surface area contributed by atoms with Gasteiger partial charge in [-0.2, -0.15) is 5.10 Å². The Kier molecular flexibility index (Phi) is 2.79. The lowest BCUT2D eigenvalue weighted by Gasteiger charge is -2.02. The summed E-state index contributed by atoms with van der Waals surface area (Å²) in [5.74, 6) is -1.04. The number of carbonyl (C=O) groups is 1. The first-order chi connectivity index (χ1) is 10.1. The largest absolute Gasteiger partial charge is 0.476 e. The molecule has 2 aromatic heterocycles. The highest BCUT2D eigenvalue weighted by Gasteiger charge is 2.13. The van der Waals surface area contributed by atoms with Crippen molar-refractivity contribution in [3.05, 3.63) is 52.6 Å². The summed E-state index contributed by atoms with van der Waals surface area (Å²) in [6.07, 6.45) is 3.95. The fraction of sp³-hybridized carbons (Fsp3) is 0. The summed E-state index contributed by atoms with van der Waals surface area (Å²) >= 11 is 0. The second kappa shape index (κ2) is 4.63. The molecule has 1 N–H and O–H groups in total. The first-order valence-electron chi connectivity index (χ1n) is 5.74. The number of nitro benzene ring substituents is 1. The summed E-state index contributed by atoms with van der Waals surface area (Å²) in [7, 11) is 0. The molecule has 0 saturated heterocycles. The Balaban J connectivity index is 2.20. The molecular formula is C12H7N5O4. The Morgan fingerprint density at radius 1 is 1.29 bits per heavy atom. The van der Waals surface area contributed by atoms with Gasteiger partial charge in [0.05, 0.1) is 29.0 Å². The number of hydrogen-bond acceptors (Lipinski definition) is 6. The van der Waals surface area contributed by atoms with E-state index >= 15 is 0 Å². The summed E-state index contributed by atoms with van der Waals surface area (Å²) in [4.78, 5) is 28.9. The van der Waals surface area contributed by atoms with Gasteiger partial charge in [0.1, 0.15) is 0 Å². The van der Waals surface area contributed by atoms with Crippen LogP contribution in [-0.2, 0) is 0 Å². The SMILES string of the molecule is O=C(O)c1cncc(-n2ncc3ccc([N+](=O)[O-])cc32)n1. The van der Waals surface area contributed by atoms with Crippen molar-refractivity contribution >= 4 is 22.6 Å². The van der Waals surface area contributed by atoms with Crippen LogP contribution in [0.3, 0.4) is 0 Å². The van der Waals surface area contributed by atoms with E-state index in [1.54, 1.807) is 6.07 Å². The third-order valence-corrected chi connectivity index (χ3v) is 2.82. The summed E-state index contributed by atoms with van der Waals surface area (Å²) in [5, 5.41) is 24.5. The average molecular weight is 285 g/mol. The highest BCUT2D eigenvalue weighted by atomic mass is 16.6. The van der Waals surface area contributed by atoms with E-state index in [0.29, 0.717) is 10.9 Å². The van der Waals surface area contributed by atoms with Crippen LogP contribution in [-0.4, -0.2) is 35.7 Å². The molecule has 104 valence electrons. The lowest BCUT2D eigenvalue weighted by atomic mass is 10.2. The van der Waals surface area contributed by atoms with Crippen LogP contribution in [0.4, 0.5) is 5.69 Å². The minimum Gasteiger partial charge on any atom is -0.476 e. The van der Waals surface area contributed by atoms with Crippen LogP contribution in [0.2, 0.25) is 0 Å². The first kappa shape index (κ1) is 12.7. The van der Waals surface area contributed by atoms with Crippen molar-refractivity contribution in [1.82, 2.24) is 19.7 Å². The Hall–Kier alpha value is -3.36. The van der Waals surface area contributed by atoms with E-state index in [1.807, 2.05) is 0 Å². The quantitative estimate of drug-likeness (QED) is 0.570. The van der Waals surface area contributed by atoms with Crippen LogP contribution in [0.15, 0.2) is 36.8 Å². The van der Waals surface area contributed by atoms with E-state index in [2.05, 4.69) is 15.1 Å². The van der Waals surface area contributed by atoms with Gasteiger partial charge in [-0.05, 0) is 6.07 Å². The third kappa shape index (κ3) is 2.16. The van der Waals surface area contributed by atoms with Crippen molar-refractivity contribution in [1.29, 1.82) is 0 Å². The minimum absolute atomic E-state index is 0.0911. The van der Waals surface area contributed by atoms with Gasteiger partial charge in [0.25, 0.3) is 5.69 Å². The maximum absolute atomic E-state index is 10.9. The fourth-order valence-corrected chi connectivity index (χ4v) is 1.86. The number of carboxylic acids is 1. The van der Waals surface area contributed by atoms with Crippen molar-refractivity contribution in [3.8, 4) is 5.82 Å². The van der Waals surface area contributed by atoms with E-state index in [4.69, 9.17) is 5.11 Å². The summed E-state index contributed by atoms with van der Waals surface area (Å²) in [6.45, 7) is 0. The van der Waals surface area contributed by atoms with Crippen LogP contribution >= 0.6 is 0 Å². The molecule has 2 heterocycles. The normalized spacial score (nSPS) is 10.7. The number of fused-ring (bicyclic) bond motifs is 1. The molecule has 0 aliphatic rings. The molecular weight excluding hydrogens is 278 g/mol. The van der Waals surface area contributed by atoms with E-state index in [9.17, 15) is 14.9 Å². The number of aromatic nitrogens is 4. The van der Waals surface area contributed by atoms with Gasteiger partial charge in [0, 0.05) is 17.5 Å². The summed E-state index contributed by atoms with van der Waals surface area (Å²) < 4.78 is 1.31. The van der Waals surface area contributed by atoms with E-state index in [-0.39, 0.29) is 17.2 Å². The highest BCUT2D eigenvalue weighted by Crippen LogP contribution is 2.22. The molecule has 3 aromatic rings. The van der Waals surface area contributed by atoms with Crippen LogP contribution in [0.25, 0.3) is 16.7 Å². The maximum atomic E-state index is 10.9. The molecule has 0 unspecified atom stereocenters. The monoisotopic (exact) mass is 285 g/mol. The van der Waals surface area contributed by atoms with Gasteiger partial charge in [-0.25, -0.2) is 14.5 Å². The maximum Gasteiger partial charge on any atom is 0.356 e. The Morgan fingerprint density at radius 3 is 2.81 bits per heavy atom. The molecule has 1 aromatic carbocycles. The molecule has 0 saturated carbocycles. The van der Waals surface area contributed by atoms with Crippen LogP contribution in [0, 0.1) is 10.1 Å². The summed E-state index contributed by atoms with van der Waals surface area (Å²) in [6, 6.07) is 4.27. The van der Waals surface area contributed by atoms with Crippen molar-refractivity contribution in [2.75, 3.05) is 0 Å². The zero-order valence-corrected chi connectivity index (χ0v) is 10.4. The number of aromatic carboxylic acids is 1. The molecule has 21 heavy (non-hydrogen) atoms. The van der Waals surface area contributed by atoms with E-state index in [1.165, 1.54) is 29.2 Å². The van der Waals surface area contributed by atoms with Crippen molar-refractivity contribution in [2.24, 2.45) is 0 Å². The van der Waals surface area contributed by atoms with Gasteiger partial charge < -0.3 is 5.11 Å². The van der Waals surface area contributed by atoms with Crippen LogP contribution in [0.5, 0.6) is 0 Å². The number of nitrogens with zero attached hydrogens (tertiary/aromatic N) is 5. The van der Waals surface area contributed by atoms with Crippen LogP contribution in [0.1, 0.15) is 10.5 Å². The zero-order chi connectivity index (χ0) is 15.0. The van der Waals surface area contributed by atoms with Gasteiger partial charge in [-0.3, -0.25) is 15.1 Å². The molecule has 0 aliphatic carbocycles. The third-order valence-electron chi connectivity index (χ3n) is 2.82. The smallest absolute Gasteiger partial charge is 0.356 e. The molecule has 3 rings (SSSR count). The molecule has 0 radical (unpaired) electrons. The number of benzene rings is 1. The van der Waals surface area contributed by atoms with Gasteiger partial charge in [-0.1, -0.05) is 0 Å². The Labute approximate surface area is 116 Å². The summed E-state index contributed by atoms with van der Waals surface area (Å²) in [5.41, 5.74) is 0.120. The highest BCUT2D eigenvalue weighted by molar-refractivity contribution is 5.85. The Morgan fingerprint density at radius 2 is 2.10 bits per heavy atom. The lowest BCUT2D eigenvalue weighted by Crippen LogP contribution is -2.07. The number of carboxylic acid groups (broad SMARTS) is 1. The first-order valence-corrected chi connectivity index (χ1v) is 5.74. The molecule has 0 fully saturated rings. The second-order valence-electron chi connectivity index (χ2n) is 4.12. The lowest BCUT2D eigenvalue weighted by molar-refractivity contribution is -0.384. The standard InChI is InChI=1S/C12H7N5O4/c18-12(19)9-5-13-6-11(15-9)16-10-3-8(17(20)21)2-1-7(10)4-14-16/h1-6H,(H,18,19). The van der Waals surface area contributed by atoms with E-state index < -0.39 is 10.9 Å². The number of hydrogen-bond donors (Lipinski definition) is 1. The van der Waals surface area contributed by atoms with Crippen molar-refractivity contribution in [3.63, 3.8) is 0 Å². The van der Waals surface area contributed by atoms with Gasteiger partial charge in [-0.15, -0.1) is 0 Å². The van der Waals surface area contributed by atoms with E-state index in [0.717, 1.165) is 6.20 Å². The predicted octanol–water partition coefficient (Wildman–Crippen LogP) is 1.42. The van der Waals surface area contributed by atoms with Gasteiger partial charge >= 0.3 is 5.97 Å². The molecule has 9 heteroatoms.